The van der Waals surface area contributed by atoms with Gasteiger partial charge >= 0.3 is 0 Å². The Bertz CT molecular complexity index is 1320. The van der Waals surface area contributed by atoms with Gasteiger partial charge in [-0.3, -0.25) is 0 Å². The molecule has 1 fully saturated rings. The molecule has 1 aliphatic heterocycles. The second-order valence-electron chi connectivity index (χ2n) is 10.0. The smallest absolute Gasteiger partial charge is 0.147 e. The van der Waals surface area contributed by atoms with E-state index in [0.717, 1.165) is 22.3 Å². The SMILES string of the molecule is C#C[C@@H]1OC(COCc2ccccc2)[C@H](OCc2ccccc2)C(OCc2ccccc2)C1OCc1ccccc1. The van der Waals surface area contributed by atoms with Gasteiger partial charge in [0, 0.05) is 0 Å². The molecule has 0 spiro atoms. The number of terminal acetylenes is 1. The van der Waals surface area contributed by atoms with Gasteiger partial charge in [0.15, 0.2) is 0 Å². The summed E-state index contributed by atoms with van der Waals surface area (Å²) in [4.78, 5) is 0. The zero-order valence-corrected chi connectivity index (χ0v) is 23.1. The number of hydrogen-bond acceptors (Lipinski definition) is 5. The molecular weight excluding hydrogens is 512 g/mol. The Kier molecular flexibility index (Phi) is 10.7. The largest absolute Gasteiger partial charge is 0.374 e. The van der Waals surface area contributed by atoms with Gasteiger partial charge in [0.2, 0.25) is 0 Å². The zero-order chi connectivity index (χ0) is 28.1. The van der Waals surface area contributed by atoms with Gasteiger partial charge in [0.05, 0.1) is 33.0 Å². The topological polar surface area (TPSA) is 46.2 Å². The van der Waals surface area contributed by atoms with Crippen molar-refractivity contribution in [2.75, 3.05) is 6.61 Å². The molecule has 0 saturated carbocycles. The van der Waals surface area contributed by atoms with E-state index in [9.17, 15) is 0 Å². The summed E-state index contributed by atoms with van der Waals surface area (Å²) in [7, 11) is 0. The number of rotatable bonds is 13. The van der Waals surface area contributed by atoms with E-state index in [4.69, 9.17) is 30.1 Å². The van der Waals surface area contributed by atoms with Crippen molar-refractivity contribution in [3.63, 3.8) is 0 Å². The highest BCUT2D eigenvalue weighted by Crippen LogP contribution is 2.31. The lowest BCUT2D eigenvalue weighted by molar-refractivity contribution is -0.261. The van der Waals surface area contributed by atoms with Gasteiger partial charge in [0.1, 0.15) is 30.5 Å². The first-order valence-electron chi connectivity index (χ1n) is 14.0. The Morgan fingerprint density at radius 2 is 0.902 bits per heavy atom. The van der Waals surface area contributed by atoms with E-state index in [-0.39, 0.29) is 0 Å². The molecule has 4 aromatic rings. The molecule has 5 atom stereocenters. The second kappa shape index (κ2) is 15.3. The van der Waals surface area contributed by atoms with E-state index in [2.05, 4.69) is 5.92 Å². The van der Waals surface area contributed by atoms with Gasteiger partial charge in [-0.25, -0.2) is 0 Å². The van der Waals surface area contributed by atoms with Crippen molar-refractivity contribution in [1.82, 2.24) is 0 Å². The quantitative estimate of drug-likeness (QED) is 0.182. The van der Waals surface area contributed by atoms with Crippen LogP contribution in [-0.2, 0) is 50.1 Å². The Morgan fingerprint density at radius 1 is 0.512 bits per heavy atom. The summed E-state index contributed by atoms with van der Waals surface area (Å²) in [5.74, 6) is 2.81. The second-order valence-corrected chi connectivity index (χ2v) is 10.0. The zero-order valence-electron chi connectivity index (χ0n) is 23.1. The molecule has 3 unspecified atom stereocenters. The molecule has 0 aliphatic carbocycles. The first-order valence-corrected chi connectivity index (χ1v) is 14.0. The predicted octanol–water partition coefficient (Wildman–Crippen LogP) is 6.36. The standard InChI is InChI=1S/C36H36O5/c1-2-32-34(38-24-29-17-9-4-10-18-29)36(40-26-31-21-13-6-14-22-31)35(39-25-30-19-11-5-12-20-30)33(41-32)27-37-23-28-15-7-3-8-16-28/h1,3-22,32-36H,23-27H2/t32-,33?,34?,35-,36?/m0/s1. The molecule has 0 amide bonds. The minimum Gasteiger partial charge on any atom is -0.374 e. The molecule has 1 heterocycles. The maximum Gasteiger partial charge on any atom is 0.147 e. The maximum atomic E-state index is 6.62. The van der Waals surface area contributed by atoms with Crippen LogP contribution in [0.2, 0.25) is 0 Å². The van der Waals surface area contributed by atoms with Crippen LogP contribution in [0.25, 0.3) is 0 Å². The molecule has 0 radical (unpaired) electrons. The van der Waals surface area contributed by atoms with Gasteiger partial charge in [-0.15, -0.1) is 6.42 Å². The molecule has 1 saturated heterocycles. The molecule has 210 valence electrons. The molecule has 4 aromatic carbocycles. The molecule has 0 N–H and O–H groups in total. The first kappa shape index (κ1) is 28.8. The lowest BCUT2D eigenvalue weighted by Crippen LogP contribution is -2.60. The Morgan fingerprint density at radius 3 is 1.34 bits per heavy atom. The molecule has 0 bridgehead atoms. The monoisotopic (exact) mass is 548 g/mol. The summed E-state index contributed by atoms with van der Waals surface area (Å²) in [5.41, 5.74) is 4.23. The molecule has 5 nitrogen and oxygen atoms in total. The van der Waals surface area contributed by atoms with Crippen LogP contribution in [-0.4, -0.2) is 37.1 Å². The van der Waals surface area contributed by atoms with E-state index >= 15 is 0 Å². The highest BCUT2D eigenvalue weighted by Gasteiger charge is 2.48. The Labute approximate surface area is 243 Å². The Hall–Kier alpha value is -3.76. The Balaban J connectivity index is 1.39. The average molecular weight is 549 g/mol. The lowest BCUT2D eigenvalue weighted by Gasteiger charge is -2.44. The molecular formula is C36H36O5. The van der Waals surface area contributed by atoms with Gasteiger partial charge < -0.3 is 23.7 Å². The summed E-state index contributed by atoms with van der Waals surface area (Å²) < 4.78 is 32.3. The number of benzene rings is 4. The van der Waals surface area contributed by atoms with Crippen LogP contribution in [0.5, 0.6) is 0 Å². The molecule has 5 rings (SSSR count). The normalized spacial score (nSPS) is 22.2. The third kappa shape index (κ3) is 8.37. The van der Waals surface area contributed by atoms with Crippen LogP contribution in [0.15, 0.2) is 121 Å². The van der Waals surface area contributed by atoms with Gasteiger partial charge in [0.25, 0.3) is 0 Å². The van der Waals surface area contributed by atoms with Crippen LogP contribution >= 0.6 is 0 Å². The van der Waals surface area contributed by atoms with Crippen LogP contribution in [0.3, 0.4) is 0 Å². The minimum atomic E-state index is -0.638. The van der Waals surface area contributed by atoms with Gasteiger partial charge in [-0.05, 0) is 22.3 Å². The number of ether oxygens (including phenoxy) is 5. The van der Waals surface area contributed by atoms with E-state index in [0.29, 0.717) is 33.0 Å². The van der Waals surface area contributed by atoms with Crippen LogP contribution in [0.1, 0.15) is 22.3 Å². The fourth-order valence-electron chi connectivity index (χ4n) is 4.92. The van der Waals surface area contributed by atoms with Crippen molar-refractivity contribution >= 4 is 0 Å². The fraction of sp³-hybridized carbons (Fsp3) is 0.278. The van der Waals surface area contributed by atoms with E-state index in [1.54, 1.807) is 0 Å². The first-order chi connectivity index (χ1) is 20.3. The third-order valence-corrected chi connectivity index (χ3v) is 7.05. The summed E-state index contributed by atoms with van der Waals surface area (Å²) in [6.07, 6.45) is 3.41. The summed E-state index contributed by atoms with van der Waals surface area (Å²) in [6, 6.07) is 40.2. The molecule has 41 heavy (non-hydrogen) atoms. The van der Waals surface area contributed by atoms with E-state index in [1.165, 1.54) is 0 Å². The van der Waals surface area contributed by atoms with E-state index < -0.39 is 30.5 Å². The highest BCUT2D eigenvalue weighted by atomic mass is 16.6. The van der Waals surface area contributed by atoms with Crippen molar-refractivity contribution in [3.8, 4) is 12.3 Å². The van der Waals surface area contributed by atoms with Crippen molar-refractivity contribution in [3.05, 3.63) is 144 Å². The van der Waals surface area contributed by atoms with Crippen molar-refractivity contribution in [2.45, 2.75) is 56.9 Å². The highest BCUT2D eigenvalue weighted by molar-refractivity contribution is 5.17. The average Bonchev–Trinajstić information content (AvgIpc) is 3.04. The van der Waals surface area contributed by atoms with Crippen molar-refractivity contribution in [1.29, 1.82) is 0 Å². The summed E-state index contributed by atoms with van der Waals surface area (Å²) in [6.45, 7) is 1.90. The third-order valence-electron chi connectivity index (χ3n) is 7.05. The molecule has 1 aliphatic rings. The summed E-state index contributed by atoms with van der Waals surface area (Å²) >= 11 is 0. The number of hydrogen-bond donors (Lipinski definition) is 0. The lowest BCUT2D eigenvalue weighted by atomic mass is 9.94. The van der Waals surface area contributed by atoms with Crippen LogP contribution in [0, 0.1) is 12.3 Å². The maximum absolute atomic E-state index is 6.62. The van der Waals surface area contributed by atoms with Crippen LogP contribution < -0.4 is 0 Å². The fourth-order valence-corrected chi connectivity index (χ4v) is 4.92. The van der Waals surface area contributed by atoms with Gasteiger partial charge in [-0.1, -0.05) is 127 Å². The van der Waals surface area contributed by atoms with E-state index in [1.807, 2.05) is 121 Å². The minimum absolute atomic E-state index is 0.295. The predicted molar refractivity (Wildman–Crippen MR) is 159 cm³/mol. The molecule has 5 heteroatoms. The molecule has 0 aromatic heterocycles. The van der Waals surface area contributed by atoms with Gasteiger partial charge in [-0.2, -0.15) is 0 Å². The van der Waals surface area contributed by atoms with Crippen molar-refractivity contribution < 1.29 is 23.7 Å². The summed E-state index contributed by atoms with van der Waals surface area (Å²) in [5, 5.41) is 0. The van der Waals surface area contributed by atoms with Crippen LogP contribution in [0.4, 0.5) is 0 Å². The van der Waals surface area contributed by atoms with Crippen molar-refractivity contribution in [2.24, 2.45) is 0 Å².